The molecule has 20 heavy (non-hydrogen) atoms. The van der Waals surface area contributed by atoms with E-state index in [0.717, 1.165) is 31.6 Å². The Hall–Kier alpha value is -1.80. The fourth-order valence-corrected chi connectivity index (χ4v) is 2.33. The lowest BCUT2D eigenvalue weighted by Gasteiger charge is -2.31. The molecular formula is C15H18F2N2O. The lowest BCUT2D eigenvalue weighted by Crippen LogP contribution is -2.39. The fraction of sp³-hybridized carbons (Fsp3) is 0.467. The molecule has 1 heterocycles. The SMILES string of the molecule is C#CCN1CCC(Nc2ccc(OC(F)F)cc2)CC1. The number of terminal acetylenes is 1. The van der Waals surface area contributed by atoms with E-state index < -0.39 is 6.61 Å². The van der Waals surface area contributed by atoms with Crippen LogP contribution in [0.25, 0.3) is 0 Å². The molecule has 0 bridgehead atoms. The zero-order valence-corrected chi connectivity index (χ0v) is 11.2. The van der Waals surface area contributed by atoms with Gasteiger partial charge in [0.15, 0.2) is 0 Å². The number of ether oxygens (including phenoxy) is 1. The molecule has 0 saturated carbocycles. The quantitative estimate of drug-likeness (QED) is 0.839. The standard InChI is InChI=1S/C15H18F2N2O/c1-2-9-19-10-7-13(8-11-19)18-12-3-5-14(6-4-12)20-15(16)17/h1,3-6,13,15,18H,7-11H2. The minimum Gasteiger partial charge on any atom is -0.435 e. The molecule has 2 rings (SSSR count). The molecule has 3 nitrogen and oxygen atoms in total. The summed E-state index contributed by atoms with van der Waals surface area (Å²) in [6.07, 6.45) is 7.34. The molecule has 5 heteroatoms. The molecule has 1 fully saturated rings. The second kappa shape index (κ2) is 7.11. The summed E-state index contributed by atoms with van der Waals surface area (Å²) in [5.41, 5.74) is 0.919. The molecule has 1 aromatic carbocycles. The van der Waals surface area contributed by atoms with Crippen molar-refractivity contribution in [1.82, 2.24) is 4.90 Å². The van der Waals surface area contributed by atoms with Crippen molar-refractivity contribution < 1.29 is 13.5 Å². The summed E-state index contributed by atoms with van der Waals surface area (Å²) in [6, 6.07) is 6.99. The predicted octanol–water partition coefficient (Wildman–Crippen LogP) is 2.80. The molecule has 1 saturated heterocycles. The molecule has 1 aliphatic heterocycles. The third-order valence-electron chi connectivity index (χ3n) is 3.35. The summed E-state index contributed by atoms with van der Waals surface area (Å²) < 4.78 is 28.4. The topological polar surface area (TPSA) is 24.5 Å². The van der Waals surface area contributed by atoms with Gasteiger partial charge in [-0.1, -0.05) is 5.92 Å². The number of piperidine rings is 1. The third kappa shape index (κ3) is 4.39. The van der Waals surface area contributed by atoms with E-state index in [9.17, 15) is 8.78 Å². The van der Waals surface area contributed by atoms with Crippen LogP contribution in [-0.2, 0) is 0 Å². The van der Waals surface area contributed by atoms with Crippen LogP contribution in [0.3, 0.4) is 0 Å². The van der Waals surface area contributed by atoms with E-state index in [1.165, 1.54) is 0 Å². The van der Waals surface area contributed by atoms with Gasteiger partial charge in [-0.05, 0) is 37.1 Å². The molecule has 1 aromatic rings. The van der Waals surface area contributed by atoms with Crippen LogP contribution in [0.4, 0.5) is 14.5 Å². The number of anilines is 1. The van der Waals surface area contributed by atoms with E-state index in [1.807, 2.05) is 0 Å². The second-order valence-electron chi connectivity index (χ2n) is 4.80. The van der Waals surface area contributed by atoms with Gasteiger partial charge in [-0.2, -0.15) is 8.78 Å². The lowest BCUT2D eigenvalue weighted by atomic mass is 10.0. The van der Waals surface area contributed by atoms with Crippen LogP contribution in [0.1, 0.15) is 12.8 Å². The third-order valence-corrected chi connectivity index (χ3v) is 3.35. The average Bonchev–Trinajstić information content (AvgIpc) is 2.43. The van der Waals surface area contributed by atoms with Gasteiger partial charge in [-0.15, -0.1) is 6.42 Å². The molecule has 0 aliphatic carbocycles. The smallest absolute Gasteiger partial charge is 0.387 e. The van der Waals surface area contributed by atoms with Crippen molar-refractivity contribution in [1.29, 1.82) is 0 Å². The molecule has 0 radical (unpaired) electrons. The molecule has 0 aromatic heterocycles. The van der Waals surface area contributed by atoms with E-state index in [-0.39, 0.29) is 5.75 Å². The highest BCUT2D eigenvalue weighted by Gasteiger charge is 2.18. The maximum Gasteiger partial charge on any atom is 0.387 e. The van der Waals surface area contributed by atoms with Gasteiger partial charge >= 0.3 is 6.61 Å². The summed E-state index contributed by atoms with van der Waals surface area (Å²) >= 11 is 0. The van der Waals surface area contributed by atoms with Crippen molar-refractivity contribution in [3.8, 4) is 18.1 Å². The largest absolute Gasteiger partial charge is 0.435 e. The van der Waals surface area contributed by atoms with Crippen LogP contribution in [0.15, 0.2) is 24.3 Å². The number of hydrogen-bond acceptors (Lipinski definition) is 3. The van der Waals surface area contributed by atoms with Gasteiger partial charge in [0.05, 0.1) is 6.54 Å². The Morgan fingerprint density at radius 3 is 2.50 bits per heavy atom. The predicted molar refractivity (Wildman–Crippen MR) is 75.0 cm³/mol. The average molecular weight is 280 g/mol. The lowest BCUT2D eigenvalue weighted by molar-refractivity contribution is -0.0498. The summed E-state index contributed by atoms with van der Waals surface area (Å²) in [7, 11) is 0. The zero-order valence-electron chi connectivity index (χ0n) is 11.2. The molecule has 108 valence electrons. The monoisotopic (exact) mass is 280 g/mol. The summed E-state index contributed by atoms with van der Waals surface area (Å²) in [5, 5.41) is 3.40. The Bertz CT molecular complexity index is 448. The number of hydrogen-bond donors (Lipinski definition) is 1. The van der Waals surface area contributed by atoms with Crippen molar-refractivity contribution in [2.75, 3.05) is 25.0 Å². The normalized spacial score (nSPS) is 16.9. The number of halogens is 2. The first-order valence-electron chi connectivity index (χ1n) is 6.64. The first kappa shape index (κ1) is 14.6. The zero-order chi connectivity index (χ0) is 14.4. The van der Waals surface area contributed by atoms with Crippen LogP contribution in [0, 0.1) is 12.3 Å². The van der Waals surface area contributed by atoms with Crippen molar-refractivity contribution in [3.05, 3.63) is 24.3 Å². The van der Waals surface area contributed by atoms with Gasteiger partial charge in [0.25, 0.3) is 0 Å². The van der Waals surface area contributed by atoms with Crippen molar-refractivity contribution in [2.45, 2.75) is 25.5 Å². The van der Waals surface area contributed by atoms with E-state index >= 15 is 0 Å². The second-order valence-corrected chi connectivity index (χ2v) is 4.80. The van der Waals surface area contributed by atoms with E-state index in [1.54, 1.807) is 24.3 Å². The van der Waals surface area contributed by atoms with Crippen LogP contribution in [0.5, 0.6) is 5.75 Å². The highest BCUT2D eigenvalue weighted by molar-refractivity contribution is 5.47. The van der Waals surface area contributed by atoms with Crippen molar-refractivity contribution in [2.24, 2.45) is 0 Å². The highest BCUT2D eigenvalue weighted by atomic mass is 19.3. The molecule has 0 spiro atoms. The fourth-order valence-electron chi connectivity index (χ4n) is 2.33. The van der Waals surface area contributed by atoms with Gasteiger partial charge < -0.3 is 10.1 Å². The number of rotatable bonds is 5. The first-order chi connectivity index (χ1) is 9.67. The van der Waals surface area contributed by atoms with Crippen LogP contribution >= 0.6 is 0 Å². The number of alkyl halides is 2. The molecule has 0 unspecified atom stereocenters. The Morgan fingerprint density at radius 1 is 1.30 bits per heavy atom. The van der Waals surface area contributed by atoms with Gasteiger partial charge in [0.2, 0.25) is 0 Å². The Kier molecular flexibility index (Phi) is 5.19. The molecule has 0 atom stereocenters. The summed E-state index contributed by atoms with van der Waals surface area (Å²) in [4.78, 5) is 2.25. The van der Waals surface area contributed by atoms with Gasteiger partial charge in [-0.25, -0.2) is 0 Å². The minimum atomic E-state index is -2.78. The number of nitrogens with zero attached hydrogens (tertiary/aromatic N) is 1. The van der Waals surface area contributed by atoms with E-state index in [2.05, 4.69) is 20.9 Å². The molecule has 1 N–H and O–H groups in total. The first-order valence-corrected chi connectivity index (χ1v) is 6.64. The Balaban J connectivity index is 1.81. The maximum atomic E-state index is 12.0. The van der Waals surface area contributed by atoms with Gasteiger partial charge in [-0.3, -0.25) is 4.90 Å². The van der Waals surface area contributed by atoms with Crippen LogP contribution in [0.2, 0.25) is 0 Å². The minimum absolute atomic E-state index is 0.175. The summed E-state index contributed by atoms with van der Waals surface area (Å²) in [6.45, 7) is -0.121. The molecular weight excluding hydrogens is 262 g/mol. The van der Waals surface area contributed by atoms with E-state index in [4.69, 9.17) is 6.42 Å². The molecule has 0 amide bonds. The van der Waals surface area contributed by atoms with Gasteiger partial charge in [0.1, 0.15) is 5.75 Å². The van der Waals surface area contributed by atoms with E-state index in [0.29, 0.717) is 12.6 Å². The maximum absolute atomic E-state index is 12.0. The number of likely N-dealkylation sites (tertiary alicyclic amines) is 1. The van der Waals surface area contributed by atoms with Gasteiger partial charge in [0, 0.05) is 24.8 Å². The Labute approximate surface area is 117 Å². The van der Waals surface area contributed by atoms with Crippen LogP contribution in [-0.4, -0.2) is 37.2 Å². The van der Waals surface area contributed by atoms with Crippen molar-refractivity contribution in [3.63, 3.8) is 0 Å². The Morgan fingerprint density at radius 2 is 1.95 bits per heavy atom. The number of nitrogens with one attached hydrogen (secondary N) is 1. The number of benzene rings is 1. The molecule has 1 aliphatic rings. The van der Waals surface area contributed by atoms with Crippen LogP contribution < -0.4 is 10.1 Å². The summed E-state index contributed by atoms with van der Waals surface area (Å²) in [5.74, 6) is 2.83. The van der Waals surface area contributed by atoms with Crippen molar-refractivity contribution >= 4 is 5.69 Å². The highest BCUT2D eigenvalue weighted by Crippen LogP contribution is 2.20.